The normalized spacial score (nSPS) is 20.0. The van der Waals surface area contributed by atoms with Gasteiger partial charge in [-0.1, -0.05) is 29.8 Å². The number of hydrogen-bond acceptors (Lipinski definition) is 2. The maximum Gasteiger partial charge on any atom is 0.0649 e. The lowest BCUT2D eigenvalue weighted by molar-refractivity contribution is 0.135. The van der Waals surface area contributed by atoms with E-state index in [1.165, 1.54) is 34.4 Å². The molecule has 1 aliphatic carbocycles. The minimum Gasteiger partial charge on any atom is -0.392 e. The molecule has 2 aromatic rings. The van der Waals surface area contributed by atoms with Gasteiger partial charge in [0.1, 0.15) is 0 Å². The van der Waals surface area contributed by atoms with E-state index in [-0.39, 0.29) is 6.10 Å². The summed E-state index contributed by atoms with van der Waals surface area (Å²) in [6, 6.07) is 10.7. The second-order valence-electron chi connectivity index (χ2n) is 5.55. The van der Waals surface area contributed by atoms with Crippen LogP contribution in [0.25, 0.3) is 0 Å². The van der Waals surface area contributed by atoms with Gasteiger partial charge in [0, 0.05) is 10.8 Å². The Morgan fingerprint density at radius 1 is 1.26 bits per heavy atom. The fourth-order valence-electron chi connectivity index (χ4n) is 3.03. The lowest BCUT2D eigenvalue weighted by Gasteiger charge is -2.27. The number of hydrogen-bond donors (Lipinski definition) is 1. The van der Waals surface area contributed by atoms with E-state index in [1.807, 2.05) is 11.3 Å². The van der Waals surface area contributed by atoms with Crippen molar-refractivity contribution in [2.45, 2.75) is 44.6 Å². The van der Waals surface area contributed by atoms with Gasteiger partial charge in [0.25, 0.3) is 0 Å². The summed E-state index contributed by atoms with van der Waals surface area (Å²) < 4.78 is 0. The van der Waals surface area contributed by atoms with Crippen LogP contribution < -0.4 is 0 Å². The zero-order chi connectivity index (χ0) is 13.2. The van der Waals surface area contributed by atoms with Crippen molar-refractivity contribution < 1.29 is 5.11 Å². The molecule has 1 aromatic carbocycles. The lowest BCUT2D eigenvalue weighted by Crippen LogP contribution is -2.24. The van der Waals surface area contributed by atoms with Crippen LogP contribution in [-0.4, -0.2) is 11.2 Å². The zero-order valence-corrected chi connectivity index (χ0v) is 12.1. The molecule has 1 aromatic heterocycles. The third-order valence-electron chi connectivity index (χ3n) is 4.13. The summed E-state index contributed by atoms with van der Waals surface area (Å²) >= 11 is 1.84. The maximum atomic E-state index is 10.6. The number of thiophene rings is 1. The number of aryl methyl sites for hydroxylation is 2. The third-order valence-corrected chi connectivity index (χ3v) is 5.12. The second kappa shape index (κ2) is 5.48. The lowest BCUT2D eigenvalue weighted by atomic mass is 9.82. The molecule has 100 valence electrons. The highest BCUT2D eigenvalue weighted by Gasteiger charge is 2.27. The summed E-state index contributed by atoms with van der Waals surface area (Å²) in [4.78, 5) is 1.49. The van der Waals surface area contributed by atoms with E-state index < -0.39 is 0 Å². The minimum atomic E-state index is -0.253. The van der Waals surface area contributed by atoms with Gasteiger partial charge in [-0.2, -0.15) is 0 Å². The van der Waals surface area contributed by atoms with E-state index in [9.17, 15) is 5.11 Å². The van der Waals surface area contributed by atoms with Crippen molar-refractivity contribution >= 4 is 11.3 Å². The van der Waals surface area contributed by atoms with E-state index in [2.05, 4.69) is 42.6 Å². The second-order valence-corrected chi connectivity index (χ2v) is 6.56. The molecule has 1 heterocycles. The van der Waals surface area contributed by atoms with Gasteiger partial charge in [0.05, 0.1) is 6.10 Å². The Kier molecular flexibility index (Phi) is 3.72. The van der Waals surface area contributed by atoms with E-state index >= 15 is 0 Å². The average molecular weight is 272 g/mol. The molecule has 1 N–H and O–H groups in total. The Morgan fingerprint density at radius 2 is 2.05 bits per heavy atom. The van der Waals surface area contributed by atoms with Crippen LogP contribution in [-0.2, 0) is 12.8 Å². The van der Waals surface area contributed by atoms with Crippen LogP contribution in [0.2, 0.25) is 0 Å². The Morgan fingerprint density at radius 3 is 2.84 bits per heavy atom. The highest BCUT2D eigenvalue weighted by Crippen LogP contribution is 2.37. The predicted molar refractivity (Wildman–Crippen MR) is 80.9 cm³/mol. The molecule has 1 nitrogen and oxygen atoms in total. The fourth-order valence-corrected chi connectivity index (χ4v) is 4.03. The monoisotopic (exact) mass is 272 g/mol. The highest BCUT2D eigenvalue weighted by molar-refractivity contribution is 7.10. The summed E-state index contributed by atoms with van der Waals surface area (Å²) in [5.74, 6) is 0.330. The zero-order valence-electron chi connectivity index (χ0n) is 11.3. The number of aliphatic hydroxyl groups is 1. The topological polar surface area (TPSA) is 20.2 Å². The quantitative estimate of drug-likeness (QED) is 0.892. The molecule has 2 unspecified atom stereocenters. The molecular weight excluding hydrogens is 252 g/mol. The number of benzene rings is 1. The standard InChI is InChI=1S/C17H20OS/c1-12-5-7-13(8-6-12)11-16(18)14-3-2-4-17-15(14)9-10-19-17/h5-10,14,16,18H,2-4,11H2,1H3. The SMILES string of the molecule is Cc1ccc(CC(O)C2CCCc3sccc32)cc1. The van der Waals surface area contributed by atoms with Crippen molar-refractivity contribution in [1.82, 2.24) is 0 Å². The number of rotatable bonds is 3. The van der Waals surface area contributed by atoms with Gasteiger partial charge >= 0.3 is 0 Å². The predicted octanol–water partition coefficient (Wildman–Crippen LogP) is 4.08. The van der Waals surface area contributed by atoms with Gasteiger partial charge in [-0.3, -0.25) is 0 Å². The van der Waals surface area contributed by atoms with Crippen LogP contribution >= 0.6 is 11.3 Å². The van der Waals surface area contributed by atoms with E-state index in [1.54, 1.807) is 0 Å². The van der Waals surface area contributed by atoms with Gasteiger partial charge in [-0.15, -0.1) is 11.3 Å². The van der Waals surface area contributed by atoms with Crippen molar-refractivity contribution in [3.8, 4) is 0 Å². The largest absolute Gasteiger partial charge is 0.392 e. The van der Waals surface area contributed by atoms with Crippen LogP contribution in [0.15, 0.2) is 35.7 Å². The first kappa shape index (κ1) is 12.9. The summed E-state index contributed by atoms with van der Waals surface area (Å²) in [7, 11) is 0. The molecule has 0 aliphatic heterocycles. The molecule has 2 heteroatoms. The fraction of sp³-hybridized carbons (Fsp3) is 0.412. The number of fused-ring (bicyclic) bond motifs is 1. The Labute approximate surface area is 118 Å². The van der Waals surface area contributed by atoms with Crippen LogP contribution in [0, 0.1) is 6.92 Å². The molecule has 0 bridgehead atoms. The van der Waals surface area contributed by atoms with E-state index in [0.717, 1.165) is 12.8 Å². The molecule has 0 amide bonds. The van der Waals surface area contributed by atoms with Gasteiger partial charge in [-0.05, 0) is 55.2 Å². The van der Waals surface area contributed by atoms with Gasteiger partial charge in [-0.25, -0.2) is 0 Å². The van der Waals surface area contributed by atoms with Crippen molar-refractivity contribution in [3.63, 3.8) is 0 Å². The van der Waals surface area contributed by atoms with Crippen LogP contribution in [0.3, 0.4) is 0 Å². The van der Waals surface area contributed by atoms with Crippen LogP contribution in [0.4, 0.5) is 0 Å². The van der Waals surface area contributed by atoms with Crippen molar-refractivity contribution in [1.29, 1.82) is 0 Å². The highest BCUT2D eigenvalue weighted by atomic mass is 32.1. The van der Waals surface area contributed by atoms with Crippen molar-refractivity contribution in [2.75, 3.05) is 0 Å². The molecular formula is C17H20OS. The smallest absolute Gasteiger partial charge is 0.0649 e. The summed E-state index contributed by atoms with van der Waals surface area (Å²) in [5, 5.41) is 12.7. The van der Waals surface area contributed by atoms with E-state index in [4.69, 9.17) is 0 Å². The average Bonchev–Trinajstić information content (AvgIpc) is 2.89. The molecule has 2 atom stereocenters. The molecule has 1 aliphatic rings. The van der Waals surface area contributed by atoms with Crippen molar-refractivity contribution in [3.05, 3.63) is 57.3 Å². The molecule has 0 fully saturated rings. The van der Waals surface area contributed by atoms with Crippen LogP contribution in [0.5, 0.6) is 0 Å². The molecule has 0 spiro atoms. The maximum absolute atomic E-state index is 10.6. The Hall–Kier alpha value is -1.12. The molecule has 19 heavy (non-hydrogen) atoms. The van der Waals surface area contributed by atoms with Gasteiger partial charge in [0.15, 0.2) is 0 Å². The Balaban J connectivity index is 1.75. The third kappa shape index (κ3) is 2.75. The minimum absolute atomic E-state index is 0.253. The summed E-state index contributed by atoms with van der Waals surface area (Å²) in [6.07, 6.45) is 4.04. The first-order chi connectivity index (χ1) is 9.24. The summed E-state index contributed by atoms with van der Waals surface area (Å²) in [5.41, 5.74) is 3.91. The van der Waals surface area contributed by atoms with Gasteiger partial charge in [0.2, 0.25) is 0 Å². The molecule has 0 saturated carbocycles. The van der Waals surface area contributed by atoms with Crippen molar-refractivity contribution in [2.24, 2.45) is 0 Å². The molecule has 3 rings (SSSR count). The molecule has 0 saturated heterocycles. The first-order valence-corrected chi connectivity index (χ1v) is 7.92. The van der Waals surface area contributed by atoms with Crippen LogP contribution in [0.1, 0.15) is 40.3 Å². The number of aliphatic hydroxyl groups excluding tert-OH is 1. The first-order valence-electron chi connectivity index (χ1n) is 7.04. The Bertz CT molecular complexity index is 541. The van der Waals surface area contributed by atoms with Gasteiger partial charge < -0.3 is 5.11 Å². The molecule has 0 radical (unpaired) electrons. The summed E-state index contributed by atoms with van der Waals surface area (Å²) in [6.45, 7) is 2.10. The van der Waals surface area contributed by atoms with E-state index in [0.29, 0.717) is 5.92 Å².